The molecular weight excluding hydrogens is 265 g/mol. The number of hydrogen-bond donors (Lipinski definition) is 1. The molecule has 0 amide bonds. The van der Waals surface area contributed by atoms with Gasteiger partial charge in [0.15, 0.2) is 0 Å². The van der Waals surface area contributed by atoms with Crippen LogP contribution in [-0.2, 0) is 6.61 Å². The Morgan fingerprint density at radius 3 is 2.52 bits per heavy atom. The number of nitrogens with one attached hydrogen (secondary N) is 1. The van der Waals surface area contributed by atoms with Gasteiger partial charge in [-0.3, -0.25) is 0 Å². The maximum absolute atomic E-state index is 13.9. The lowest BCUT2D eigenvalue weighted by Crippen LogP contribution is -2.36. The van der Waals surface area contributed by atoms with Crippen LogP contribution in [0.3, 0.4) is 0 Å². The highest BCUT2D eigenvalue weighted by Crippen LogP contribution is 2.29. The monoisotopic (exact) mass is 285 g/mol. The number of rotatable bonds is 4. The van der Waals surface area contributed by atoms with Crippen molar-refractivity contribution in [3.05, 3.63) is 65.7 Å². The predicted molar refractivity (Wildman–Crippen MR) is 82.3 cm³/mol. The lowest BCUT2D eigenvalue weighted by atomic mass is 9.89. The van der Waals surface area contributed by atoms with Crippen LogP contribution in [0, 0.1) is 0 Å². The van der Waals surface area contributed by atoms with Crippen molar-refractivity contribution in [2.45, 2.75) is 25.1 Å². The van der Waals surface area contributed by atoms with E-state index in [4.69, 9.17) is 4.74 Å². The highest BCUT2D eigenvalue weighted by molar-refractivity contribution is 5.31. The number of alkyl halides is 1. The van der Waals surface area contributed by atoms with Gasteiger partial charge in [0.25, 0.3) is 0 Å². The lowest BCUT2D eigenvalue weighted by Gasteiger charge is -2.27. The van der Waals surface area contributed by atoms with Crippen LogP contribution in [0.5, 0.6) is 5.75 Å². The second-order valence-electron chi connectivity index (χ2n) is 5.46. The molecule has 0 aromatic heterocycles. The fourth-order valence-corrected chi connectivity index (χ4v) is 2.75. The summed E-state index contributed by atoms with van der Waals surface area (Å²) in [5.41, 5.74) is 2.21. The minimum absolute atomic E-state index is 0.00873. The van der Waals surface area contributed by atoms with Crippen LogP contribution in [0.1, 0.15) is 23.5 Å². The van der Waals surface area contributed by atoms with Crippen molar-refractivity contribution in [3.63, 3.8) is 0 Å². The molecule has 1 aliphatic heterocycles. The van der Waals surface area contributed by atoms with E-state index in [1.54, 1.807) is 0 Å². The number of benzene rings is 2. The van der Waals surface area contributed by atoms with Gasteiger partial charge in [-0.15, -0.1) is 0 Å². The topological polar surface area (TPSA) is 21.3 Å². The number of ether oxygens (including phenoxy) is 1. The van der Waals surface area contributed by atoms with E-state index >= 15 is 0 Å². The summed E-state index contributed by atoms with van der Waals surface area (Å²) in [6.45, 7) is 1.90. The molecule has 1 heterocycles. The Hall–Kier alpha value is -1.87. The summed E-state index contributed by atoms with van der Waals surface area (Å²) in [6.07, 6.45) is 0.0561. The molecule has 2 atom stereocenters. The van der Waals surface area contributed by atoms with Crippen molar-refractivity contribution in [2.75, 3.05) is 13.1 Å². The molecule has 2 aromatic rings. The van der Waals surface area contributed by atoms with Gasteiger partial charge >= 0.3 is 0 Å². The number of piperidine rings is 1. The molecule has 0 saturated carbocycles. The molecule has 1 fully saturated rings. The number of hydrogen-bond acceptors (Lipinski definition) is 2. The van der Waals surface area contributed by atoms with E-state index < -0.39 is 6.17 Å². The molecule has 3 heteroatoms. The van der Waals surface area contributed by atoms with Gasteiger partial charge in [0.1, 0.15) is 18.5 Å². The maximum Gasteiger partial charge on any atom is 0.119 e. The average molecular weight is 285 g/mol. The minimum atomic E-state index is -0.796. The number of halogens is 1. The highest BCUT2D eigenvalue weighted by atomic mass is 19.1. The van der Waals surface area contributed by atoms with Crippen LogP contribution in [0.4, 0.5) is 4.39 Å². The van der Waals surface area contributed by atoms with Crippen molar-refractivity contribution in [3.8, 4) is 5.75 Å². The first kappa shape index (κ1) is 14.1. The third-order valence-electron chi connectivity index (χ3n) is 3.96. The van der Waals surface area contributed by atoms with Crippen LogP contribution in [-0.4, -0.2) is 19.3 Å². The van der Waals surface area contributed by atoms with Crippen molar-refractivity contribution in [1.29, 1.82) is 0 Å². The SMILES string of the molecule is FC1CNCCC1c1ccc(OCc2ccccc2)cc1. The van der Waals surface area contributed by atoms with Crippen LogP contribution < -0.4 is 10.1 Å². The first-order chi connectivity index (χ1) is 10.3. The molecular formula is C18H20FNO. The normalized spacial score (nSPS) is 22.0. The van der Waals surface area contributed by atoms with Gasteiger partial charge in [0.05, 0.1) is 0 Å². The van der Waals surface area contributed by atoms with E-state index in [9.17, 15) is 4.39 Å². The van der Waals surface area contributed by atoms with E-state index in [0.717, 1.165) is 29.8 Å². The van der Waals surface area contributed by atoms with Gasteiger partial charge in [-0.2, -0.15) is 0 Å². The Labute approximate surface area is 125 Å². The van der Waals surface area contributed by atoms with Gasteiger partial charge in [-0.05, 0) is 36.2 Å². The quantitative estimate of drug-likeness (QED) is 0.925. The summed E-state index contributed by atoms with van der Waals surface area (Å²) in [5.74, 6) is 0.835. The molecule has 1 saturated heterocycles. The van der Waals surface area contributed by atoms with Crippen molar-refractivity contribution >= 4 is 0 Å². The predicted octanol–water partition coefficient (Wildman–Crippen LogP) is 3.68. The fourth-order valence-electron chi connectivity index (χ4n) is 2.75. The molecule has 2 unspecified atom stereocenters. The van der Waals surface area contributed by atoms with Gasteiger partial charge < -0.3 is 10.1 Å². The van der Waals surface area contributed by atoms with Gasteiger partial charge in [-0.1, -0.05) is 42.5 Å². The molecule has 0 aliphatic carbocycles. The molecule has 110 valence electrons. The van der Waals surface area contributed by atoms with Crippen LogP contribution >= 0.6 is 0 Å². The molecule has 3 rings (SSSR count). The smallest absolute Gasteiger partial charge is 0.119 e. The summed E-state index contributed by atoms with van der Waals surface area (Å²) < 4.78 is 19.7. The molecule has 0 bridgehead atoms. The Kier molecular flexibility index (Phi) is 4.51. The average Bonchev–Trinajstić information content (AvgIpc) is 2.55. The van der Waals surface area contributed by atoms with E-state index in [-0.39, 0.29) is 5.92 Å². The summed E-state index contributed by atoms with van der Waals surface area (Å²) in [7, 11) is 0. The summed E-state index contributed by atoms with van der Waals surface area (Å²) in [4.78, 5) is 0. The van der Waals surface area contributed by atoms with E-state index in [1.165, 1.54) is 0 Å². The zero-order valence-electron chi connectivity index (χ0n) is 12.0. The standard InChI is InChI=1S/C18H20FNO/c19-18-12-20-11-10-17(18)15-6-8-16(9-7-15)21-13-14-4-2-1-3-5-14/h1-9,17-18,20H,10-13H2. The Balaban J connectivity index is 1.61. The fraction of sp³-hybridized carbons (Fsp3) is 0.333. The van der Waals surface area contributed by atoms with Gasteiger partial charge in [0, 0.05) is 12.5 Å². The van der Waals surface area contributed by atoms with Crippen LogP contribution in [0.15, 0.2) is 54.6 Å². The molecule has 2 nitrogen and oxygen atoms in total. The molecule has 0 radical (unpaired) electrons. The largest absolute Gasteiger partial charge is 0.489 e. The van der Waals surface area contributed by atoms with Crippen LogP contribution in [0.25, 0.3) is 0 Å². The first-order valence-electron chi connectivity index (χ1n) is 7.44. The maximum atomic E-state index is 13.9. The minimum Gasteiger partial charge on any atom is -0.489 e. The Bertz CT molecular complexity index is 555. The first-order valence-corrected chi connectivity index (χ1v) is 7.44. The highest BCUT2D eigenvalue weighted by Gasteiger charge is 2.25. The summed E-state index contributed by atoms with van der Waals surface area (Å²) >= 11 is 0. The summed E-state index contributed by atoms with van der Waals surface area (Å²) in [5, 5.41) is 3.08. The van der Waals surface area contributed by atoms with E-state index in [0.29, 0.717) is 13.2 Å². The van der Waals surface area contributed by atoms with Gasteiger partial charge in [-0.25, -0.2) is 4.39 Å². The van der Waals surface area contributed by atoms with Gasteiger partial charge in [0.2, 0.25) is 0 Å². The Morgan fingerprint density at radius 1 is 1.05 bits per heavy atom. The molecule has 21 heavy (non-hydrogen) atoms. The zero-order valence-corrected chi connectivity index (χ0v) is 12.0. The van der Waals surface area contributed by atoms with Crippen molar-refractivity contribution < 1.29 is 9.13 Å². The second kappa shape index (κ2) is 6.72. The van der Waals surface area contributed by atoms with Crippen LogP contribution in [0.2, 0.25) is 0 Å². The van der Waals surface area contributed by atoms with E-state index in [1.807, 2.05) is 54.6 Å². The second-order valence-corrected chi connectivity index (χ2v) is 5.46. The molecule has 1 N–H and O–H groups in total. The van der Waals surface area contributed by atoms with Crippen molar-refractivity contribution in [2.24, 2.45) is 0 Å². The third-order valence-corrected chi connectivity index (χ3v) is 3.96. The van der Waals surface area contributed by atoms with E-state index in [2.05, 4.69) is 5.32 Å². The lowest BCUT2D eigenvalue weighted by molar-refractivity contribution is 0.231. The molecule has 0 spiro atoms. The molecule has 1 aliphatic rings. The zero-order chi connectivity index (χ0) is 14.5. The summed E-state index contributed by atoms with van der Waals surface area (Å²) in [6, 6.07) is 17.9. The third kappa shape index (κ3) is 3.61. The van der Waals surface area contributed by atoms with Crippen molar-refractivity contribution in [1.82, 2.24) is 5.32 Å². The molecule has 2 aromatic carbocycles. The Morgan fingerprint density at radius 2 is 1.81 bits per heavy atom.